The fourth-order valence-electron chi connectivity index (χ4n) is 3.16. The number of hydrogen-bond acceptors (Lipinski definition) is 5. The van der Waals surface area contributed by atoms with Crippen LogP contribution in [0, 0.1) is 11.8 Å². The van der Waals surface area contributed by atoms with Crippen LogP contribution in [0.25, 0.3) is 0 Å². The molecule has 1 saturated carbocycles. The van der Waals surface area contributed by atoms with Crippen molar-refractivity contribution in [2.45, 2.75) is 58.1 Å². The van der Waals surface area contributed by atoms with Crippen molar-refractivity contribution in [3.8, 4) is 0 Å². The highest BCUT2D eigenvalue weighted by molar-refractivity contribution is 5.74. The van der Waals surface area contributed by atoms with Crippen LogP contribution in [0.3, 0.4) is 0 Å². The molecule has 0 N–H and O–H groups in total. The first-order valence-corrected chi connectivity index (χ1v) is 7.85. The van der Waals surface area contributed by atoms with Crippen LogP contribution in [0.4, 0.5) is 0 Å². The maximum absolute atomic E-state index is 12.2. The van der Waals surface area contributed by atoms with Gasteiger partial charge in [0.05, 0.1) is 18.9 Å². The molecule has 2 fully saturated rings. The number of esters is 2. The van der Waals surface area contributed by atoms with Gasteiger partial charge >= 0.3 is 11.9 Å². The van der Waals surface area contributed by atoms with Crippen molar-refractivity contribution in [1.29, 1.82) is 0 Å². The van der Waals surface area contributed by atoms with Crippen molar-refractivity contribution in [1.82, 2.24) is 4.90 Å². The van der Waals surface area contributed by atoms with Gasteiger partial charge in [-0.2, -0.15) is 0 Å². The van der Waals surface area contributed by atoms with Crippen LogP contribution in [0.2, 0.25) is 0 Å². The van der Waals surface area contributed by atoms with E-state index in [4.69, 9.17) is 9.47 Å². The molecule has 0 bridgehead atoms. The van der Waals surface area contributed by atoms with Gasteiger partial charge in [0, 0.05) is 12.6 Å². The van der Waals surface area contributed by atoms with E-state index in [-0.39, 0.29) is 23.8 Å². The summed E-state index contributed by atoms with van der Waals surface area (Å²) in [4.78, 5) is 26.0. The molecule has 0 aromatic rings. The van der Waals surface area contributed by atoms with Gasteiger partial charge in [0.2, 0.25) is 0 Å². The fourth-order valence-corrected chi connectivity index (χ4v) is 3.16. The third kappa shape index (κ3) is 4.19. The van der Waals surface area contributed by atoms with E-state index in [0.29, 0.717) is 6.04 Å². The summed E-state index contributed by atoms with van der Waals surface area (Å²) < 4.78 is 10.3. The summed E-state index contributed by atoms with van der Waals surface area (Å²) >= 11 is 0. The number of ether oxygens (including phenoxy) is 2. The Hall–Kier alpha value is -1.10. The highest BCUT2D eigenvalue weighted by Gasteiger charge is 2.41. The SMILES string of the molecule is COC(=O)C1CC(N2CCCC(C(=O)OC(C)(C)C)C2)C1. The van der Waals surface area contributed by atoms with Crippen LogP contribution >= 0.6 is 0 Å². The first-order chi connectivity index (χ1) is 9.80. The molecule has 5 nitrogen and oxygen atoms in total. The summed E-state index contributed by atoms with van der Waals surface area (Å²) in [7, 11) is 1.44. The van der Waals surface area contributed by atoms with Gasteiger partial charge in [0.1, 0.15) is 5.60 Å². The second-order valence-electron chi connectivity index (χ2n) is 7.21. The van der Waals surface area contributed by atoms with Crippen molar-refractivity contribution in [3.63, 3.8) is 0 Å². The summed E-state index contributed by atoms with van der Waals surface area (Å²) in [5.74, 6) is -0.181. The zero-order valence-electron chi connectivity index (χ0n) is 13.6. The summed E-state index contributed by atoms with van der Waals surface area (Å²) in [5, 5.41) is 0. The zero-order valence-corrected chi connectivity index (χ0v) is 13.6. The smallest absolute Gasteiger partial charge is 0.310 e. The zero-order chi connectivity index (χ0) is 15.6. The second-order valence-corrected chi connectivity index (χ2v) is 7.21. The third-order valence-electron chi connectivity index (χ3n) is 4.36. The van der Waals surface area contributed by atoms with Gasteiger partial charge in [0.25, 0.3) is 0 Å². The van der Waals surface area contributed by atoms with E-state index in [1.807, 2.05) is 20.8 Å². The number of methoxy groups -OCH3 is 1. The lowest BCUT2D eigenvalue weighted by molar-refractivity contribution is -0.163. The van der Waals surface area contributed by atoms with E-state index in [9.17, 15) is 9.59 Å². The summed E-state index contributed by atoms with van der Waals surface area (Å²) in [6.07, 6.45) is 3.63. The van der Waals surface area contributed by atoms with Crippen molar-refractivity contribution in [2.24, 2.45) is 11.8 Å². The molecule has 1 atom stereocenters. The second kappa shape index (κ2) is 6.34. The number of rotatable bonds is 3. The Bertz CT molecular complexity index is 396. The van der Waals surface area contributed by atoms with Crippen molar-refractivity contribution < 1.29 is 19.1 Å². The van der Waals surface area contributed by atoms with Gasteiger partial charge in [-0.15, -0.1) is 0 Å². The first-order valence-electron chi connectivity index (χ1n) is 7.85. The van der Waals surface area contributed by atoms with Gasteiger partial charge in [-0.25, -0.2) is 0 Å². The van der Waals surface area contributed by atoms with E-state index >= 15 is 0 Å². The van der Waals surface area contributed by atoms with Gasteiger partial charge in [-0.1, -0.05) is 0 Å². The Kier molecular flexibility index (Phi) is 4.91. The van der Waals surface area contributed by atoms with E-state index < -0.39 is 5.60 Å². The number of piperidine rings is 1. The number of hydrogen-bond donors (Lipinski definition) is 0. The average molecular weight is 297 g/mol. The monoisotopic (exact) mass is 297 g/mol. The maximum atomic E-state index is 12.2. The van der Waals surface area contributed by atoms with Crippen molar-refractivity contribution >= 4 is 11.9 Å². The lowest BCUT2D eigenvalue weighted by atomic mass is 9.78. The Labute approximate surface area is 127 Å². The lowest BCUT2D eigenvalue weighted by Gasteiger charge is -2.44. The minimum Gasteiger partial charge on any atom is -0.469 e. The molecule has 120 valence electrons. The Morgan fingerprint density at radius 3 is 2.33 bits per heavy atom. The number of nitrogens with zero attached hydrogens (tertiary/aromatic N) is 1. The summed E-state index contributed by atoms with van der Waals surface area (Å²) in [6, 6.07) is 0.416. The van der Waals surface area contributed by atoms with E-state index in [0.717, 1.165) is 38.8 Å². The summed E-state index contributed by atoms with van der Waals surface area (Å²) in [6.45, 7) is 7.47. The first kappa shape index (κ1) is 16.3. The van der Waals surface area contributed by atoms with Crippen LogP contribution in [0.15, 0.2) is 0 Å². The predicted octanol–water partition coefficient (Wildman–Crippen LogP) is 1.99. The largest absolute Gasteiger partial charge is 0.469 e. The molecule has 1 aliphatic carbocycles. The Balaban J connectivity index is 1.82. The Morgan fingerprint density at radius 1 is 1.10 bits per heavy atom. The molecule has 1 saturated heterocycles. The molecule has 0 aromatic heterocycles. The molecule has 0 spiro atoms. The topological polar surface area (TPSA) is 55.8 Å². The molecule has 0 radical (unpaired) electrons. The lowest BCUT2D eigenvalue weighted by Crippen LogP contribution is -2.52. The van der Waals surface area contributed by atoms with Crippen LogP contribution in [0.1, 0.15) is 46.5 Å². The molecular formula is C16H27NO4. The van der Waals surface area contributed by atoms with Crippen LogP contribution < -0.4 is 0 Å². The molecule has 0 amide bonds. The summed E-state index contributed by atoms with van der Waals surface area (Å²) in [5.41, 5.74) is -0.425. The minimum atomic E-state index is -0.425. The quantitative estimate of drug-likeness (QED) is 0.746. The van der Waals surface area contributed by atoms with Gasteiger partial charge in [-0.05, 0) is 53.0 Å². The van der Waals surface area contributed by atoms with E-state index in [1.165, 1.54) is 7.11 Å². The number of carbonyl (C=O) groups is 2. The number of likely N-dealkylation sites (tertiary alicyclic amines) is 1. The Morgan fingerprint density at radius 2 is 1.76 bits per heavy atom. The van der Waals surface area contributed by atoms with Crippen LogP contribution in [0.5, 0.6) is 0 Å². The normalized spacial score (nSPS) is 30.4. The van der Waals surface area contributed by atoms with Gasteiger partial charge < -0.3 is 9.47 Å². The maximum Gasteiger partial charge on any atom is 0.310 e. The third-order valence-corrected chi connectivity index (χ3v) is 4.36. The molecule has 1 heterocycles. The van der Waals surface area contributed by atoms with Crippen LogP contribution in [-0.4, -0.2) is 48.7 Å². The van der Waals surface area contributed by atoms with Gasteiger partial charge in [0.15, 0.2) is 0 Å². The van der Waals surface area contributed by atoms with E-state index in [1.54, 1.807) is 0 Å². The molecule has 1 unspecified atom stereocenters. The van der Waals surface area contributed by atoms with Crippen molar-refractivity contribution in [2.75, 3.05) is 20.2 Å². The highest BCUT2D eigenvalue weighted by atomic mass is 16.6. The predicted molar refractivity (Wildman–Crippen MR) is 78.7 cm³/mol. The number of carbonyl (C=O) groups excluding carboxylic acids is 2. The molecule has 2 rings (SSSR count). The van der Waals surface area contributed by atoms with E-state index in [2.05, 4.69) is 4.90 Å². The molecule has 1 aliphatic heterocycles. The standard InChI is InChI=1S/C16H27NO4/c1-16(2,3)21-15(19)11-6-5-7-17(10-11)13-8-12(9-13)14(18)20-4/h11-13H,5-10H2,1-4H3. The highest BCUT2D eigenvalue weighted by Crippen LogP contribution is 2.35. The molecule has 5 heteroatoms. The van der Waals surface area contributed by atoms with Gasteiger partial charge in [-0.3, -0.25) is 14.5 Å². The van der Waals surface area contributed by atoms with Crippen molar-refractivity contribution in [3.05, 3.63) is 0 Å². The molecule has 0 aromatic carbocycles. The average Bonchev–Trinajstić information content (AvgIpc) is 2.35. The van der Waals surface area contributed by atoms with Crippen LogP contribution in [-0.2, 0) is 19.1 Å². The molecule has 2 aliphatic rings. The fraction of sp³-hybridized carbons (Fsp3) is 0.875. The minimum absolute atomic E-state index is 0.0323. The molecule has 21 heavy (non-hydrogen) atoms. The molecular weight excluding hydrogens is 270 g/mol.